The first-order valence-electron chi connectivity index (χ1n) is 8.47. The first-order valence-corrected chi connectivity index (χ1v) is 8.47. The van der Waals surface area contributed by atoms with Crippen molar-refractivity contribution in [1.29, 1.82) is 0 Å². The fraction of sp³-hybridized carbons (Fsp3) is 0.647. The van der Waals surface area contributed by atoms with Gasteiger partial charge in [0.25, 0.3) is 0 Å². The minimum atomic E-state index is 0. The largest absolute Gasteiger partial charge is 0.370 e. The molecule has 2 aliphatic heterocycles. The third kappa shape index (κ3) is 4.82. The smallest absolute Gasteiger partial charge is 0.228 e. The number of carbonyl (C=O) groups is 1. The molecule has 2 fully saturated rings. The number of rotatable bonds is 3. The molecule has 0 aliphatic carbocycles. The Kier molecular flexibility index (Phi) is 6.66. The van der Waals surface area contributed by atoms with Crippen LogP contribution in [0.4, 0.5) is 11.5 Å². The number of amides is 1. The summed E-state index contributed by atoms with van der Waals surface area (Å²) in [6, 6.07) is 4.41. The van der Waals surface area contributed by atoms with E-state index in [0.717, 1.165) is 38.2 Å². The maximum atomic E-state index is 12.3. The van der Waals surface area contributed by atoms with E-state index in [9.17, 15) is 4.79 Å². The normalized spacial score (nSPS) is 24.7. The average molecular weight is 339 g/mol. The summed E-state index contributed by atoms with van der Waals surface area (Å²) in [5.74, 6) is 0.864. The van der Waals surface area contributed by atoms with Crippen molar-refractivity contribution in [2.45, 2.75) is 45.1 Å². The van der Waals surface area contributed by atoms with E-state index in [2.05, 4.69) is 33.5 Å². The van der Waals surface area contributed by atoms with Crippen molar-refractivity contribution in [2.24, 2.45) is 5.92 Å². The van der Waals surface area contributed by atoms with Crippen LogP contribution in [0.1, 0.15) is 39.0 Å². The van der Waals surface area contributed by atoms with Gasteiger partial charge in [0, 0.05) is 25.0 Å². The summed E-state index contributed by atoms with van der Waals surface area (Å²) in [5, 5.41) is 6.34. The van der Waals surface area contributed by atoms with Crippen LogP contribution in [0.2, 0.25) is 0 Å². The molecule has 0 aromatic carbocycles. The van der Waals surface area contributed by atoms with Gasteiger partial charge in [-0.1, -0.05) is 0 Å². The van der Waals surface area contributed by atoms with Crippen LogP contribution >= 0.6 is 12.4 Å². The van der Waals surface area contributed by atoms with Crippen molar-refractivity contribution >= 4 is 29.8 Å². The SMILES string of the molecule is C[C@H]1C[C@@H](C(=O)Nc2ccc(N3CCCCC3)cn2)CCN1.Cl. The first-order chi connectivity index (χ1) is 10.7. The fourth-order valence-corrected chi connectivity index (χ4v) is 3.40. The zero-order valence-electron chi connectivity index (χ0n) is 13.8. The van der Waals surface area contributed by atoms with Gasteiger partial charge < -0.3 is 15.5 Å². The molecule has 0 spiro atoms. The number of pyridine rings is 1. The quantitative estimate of drug-likeness (QED) is 0.889. The Hall–Kier alpha value is -1.33. The molecule has 2 aliphatic rings. The molecule has 2 N–H and O–H groups in total. The number of hydrogen-bond donors (Lipinski definition) is 2. The Balaban J connectivity index is 0.00000192. The first kappa shape index (κ1) is 18.0. The van der Waals surface area contributed by atoms with E-state index < -0.39 is 0 Å². The third-order valence-corrected chi connectivity index (χ3v) is 4.71. The Labute approximate surface area is 144 Å². The van der Waals surface area contributed by atoms with Gasteiger partial charge in [-0.2, -0.15) is 0 Å². The van der Waals surface area contributed by atoms with E-state index in [1.54, 1.807) is 0 Å². The van der Waals surface area contributed by atoms with Crippen LogP contribution in [0.5, 0.6) is 0 Å². The summed E-state index contributed by atoms with van der Waals surface area (Å²) in [4.78, 5) is 19.1. The number of anilines is 2. The minimum absolute atomic E-state index is 0. The molecular formula is C17H27ClN4O. The highest BCUT2D eigenvalue weighted by atomic mass is 35.5. The fourth-order valence-electron chi connectivity index (χ4n) is 3.40. The van der Waals surface area contributed by atoms with E-state index >= 15 is 0 Å². The van der Waals surface area contributed by atoms with Gasteiger partial charge in [-0.25, -0.2) is 4.98 Å². The maximum absolute atomic E-state index is 12.3. The van der Waals surface area contributed by atoms with Gasteiger partial charge in [-0.15, -0.1) is 12.4 Å². The van der Waals surface area contributed by atoms with Crippen molar-refractivity contribution in [3.8, 4) is 0 Å². The van der Waals surface area contributed by atoms with Gasteiger partial charge in [-0.3, -0.25) is 4.79 Å². The number of carbonyl (C=O) groups excluding carboxylic acids is 1. The van der Waals surface area contributed by atoms with Gasteiger partial charge in [-0.05, 0) is 57.7 Å². The summed E-state index contributed by atoms with van der Waals surface area (Å²) in [6.45, 7) is 5.27. The molecule has 2 atom stereocenters. The predicted octanol–water partition coefficient (Wildman–Crippen LogP) is 2.82. The van der Waals surface area contributed by atoms with Crippen LogP contribution in [0.15, 0.2) is 18.3 Å². The molecule has 3 heterocycles. The standard InChI is InChI=1S/C17H26N4O.ClH/c1-13-11-14(7-8-18-13)17(22)20-16-6-5-15(12-19-16)21-9-3-2-4-10-21;/h5-6,12-14,18H,2-4,7-11H2,1H3,(H,19,20,22);1H/t13-,14-;/m0./s1. The monoisotopic (exact) mass is 338 g/mol. The van der Waals surface area contributed by atoms with Crippen molar-refractivity contribution in [1.82, 2.24) is 10.3 Å². The van der Waals surface area contributed by atoms with Crippen molar-refractivity contribution in [3.05, 3.63) is 18.3 Å². The van der Waals surface area contributed by atoms with Crippen LogP contribution in [0.3, 0.4) is 0 Å². The molecule has 0 unspecified atom stereocenters. The molecule has 1 amide bonds. The molecule has 23 heavy (non-hydrogen) atoms. The Morgan fingerprint density at radius 2 is 2.09 bits per heavy atom. The summed E-state index contributed by atoms with van der Waals surface area (Å²) in [7, 11) is 0. The maximum Gasteiger partial charge on any atom is 0.228 e. The zero-order valence-corrected chi connectivity index (χ0v) is 14.6. The number of nitrogens with one attached hydrogen (secondary N) is 2. The summed E-state index contributed by atoms with van der Waals surface area (Å²) in [5.41, 5.74) is 1.16. The Morgan fingerprint density at radius 1 is 1.30 bits per heavy atom. The molecule has 128 valence electrons. The lowest BCUT2D eigenvalue weighted by molar-refractivity contribution is -0.120. The van der Waals surface area contributed by atoms with Crippen LogP contribution in [-0.2, 0) is 4.79 Å². The number of piperidine rings is 2. The molecule has 5 nitrogen and oxygen atoms in total. The van der Waals surface area contributed by atoms with Gasteiger partial charge in [0.1, 0.15) is 5.82 Å². The van der Waals surface area contributed by atoms with Crippen LogP contribution in [-0.4, -0.2) is 36.6 Å². The number of aromatic nitrogens is 1. The minimum Gasteiger partial charge on any atom is -0.370 e. The topological polar surface area (TPSA) is 57.3 Å². The second-order valence-electron chi connectivity index (χ2n) is 6.52. The van der Waals surface area contributed by atoms with Gasteiger partial charge >= 0.3 is 0 Å². The second-order valence-corrected chi connectivity index (χ2v) is 6.52. The van der Waals surface area contributed by atoms with Crippen LogP contribution in [0, 0.1) is 5.92 Å². The molecule has 2 saturated heterocycles. The summed E-state index contributed by atoms with van der Waals surface area (Å²) < 4.78 is 0. The molecule has 0 radical (unpaired) electrons. The number of hydrogen-bond acceptors (Lipinski definition) is 4. The lowest BCUT2D eigenvalue weighted by Gasteiger charge is -2.28. The summed E-state index contributed by atoms with van der Waals surface area (Å²) >= 11 is 0. The van der Waals surface area contributed by atoms with Gasteiger partial charge in [0.05, 0.1) is 11.9 Å². The molecule has 3 rings (SSSR count). The third-order valence-electron chi connectivity index (χ3n) is 4.71. The molecule has 0 bridgehead atoms. The van der Waals surface area contributed by atoms with Crippen molar-refractivity contribution in [3.63, 3.8) is 0 Å². The number of nitrogens with zero attached hydrogens (tertiary/aromatic N) is 2. The second kappa shape index (κ2) is 8.50. The van der Waals surface area contributed by atoms with Crippen LogP contribution < -0.4 is 15.5 Å². The molecule has 1 aromatic rings. The average Bonchev–Trinajstić information content (AvgIpc) is 2.56. The van der Waals surface area contributed by atoms with Crippen molar-refractivity contribution < 1.29 is 4.79 Å². The predicted molar refractivity (Wildman–Crippen MR) is 96.4 cm³/mol. The zero-order chi connectivity index (χ0) is 15.4. The van der Waals surface area contributed by atoms with E-state index in [0.29, 0.717) is 11.9 Å². The molecular weight excluding hydrogens is 312 g/mol. The van der Waals surface area contributed by atoms with E-state index in [-0.39, 0.29) is 24.2 Å². The van der Waals surface area contributed by atoms with Crippen molar-refractivity contribution in [2.75, 3.05) is 29.9 Å². The lowest BCUT2D eigenvalue weighted by Crippen LogP contribution is -2.40. The molecule has 0 saturated carbocycles. The van der Waals surface area contributed by atoms with E-state index in [4.69, 9.17) is 0 Å². The van der Waals surface area contributed by atoms with E-state index in [1.165, 1.54) is 19.3 Å². The molecule has 6 heteroatoms. The highest BCUT2D eigenvalue weighted by Crippen LogP contribution is 2.21. The highest BCUT2D eigenvalue weighted by molar-refractivity contribution is 5.91. The Bertz CT molecular complexity index is 502. The lowest BCUT2D eigenvalue weighted by atomic mass is 9.92. The number of halogens is 1. The Morgan fingerprint density at radius 3 is 2.74 bits per heavy atom. The molecule has 1 aromatic heterocycles. The van der Waals surface area contributed by atoms with Gasteiger partial charge in [0.2, 0.25) is 5.91 Å². The van der Waals surface area contributed by atoms with Crippen LogP contribution in [0.25, 0.3) is 0 Å². The van der Waals surface area contributed by atoms with Gasteiger partial charge in [0.15, 0.2) is 0 Å². The van der Waals surface area contributed by atoms with E-state index in [1.807, 2.05) is 12.3 Å². The highest BCUT2D eigenvalue weighted by Gasteiger charge is 2.24. The summed E-state index contributed by atoms with van der Waals surface area (Å²) in [6.07, 6.45) is 7.53.